The van der Waals surface area contributed by atoms with Crippen molar-refractivity contribution in [1.29, 1.82) is 0 Å². The Kier molecular flexibility index (Phi) is 4.15. The molecule has 2 aromatic rings. The second kappa shape index (κ2) is 5.62. The summed E-state index contributed by atoms with van der Waals surface area (Å²) in [4.78, 5) is 0. The summed E-state index contributed by atoms with van der Waals surface area (Å²) in [6.07, 6.45) is 0. The Labute approximate surface area is 113 Å². The van der Waals surface area contributed by atoms with E-state index in [9.17, 15) is 0 Å². The number of halogens is 2. The minimum Gasteiger partial charge on any atom is -0.419 e. The third kappa shape index (κ3) is 3.06. The smallest absolute Gasteiger partial charge is 0.248 e. The molecule has 1 aromatic carbocycles. The SMILES string of the molecule is CCNCc1nnc(-c2ccc(Cl)cc2Br)o1. The van der Waals surface area contributed by atoms with Crippen LogP contribution in [0.3, 0.4) is 0 Å². The maximum Gasteiger partial charge on any atom is 0.248 e. The molecule has 4 nitrogen and oxygen atoms in total. The van der Waals surface area contributed by atoms with Crippen LogP contribution in [0.1, 0.15) is 12.8 Å². The minimum absolute atomic E-state index is 0.487. The fourth-order valence-electron chi connectivity index (χ4n) is 1.33. The van der Waals surface area contributed by atoms with Gasteiger partial charge in [0.05, 0.1) is 12.1 Å². The van der Waals surface area contributed by atoms with E-state index in [4.69, 9.17) is 16.0 Å². The second-order valence-electron chi connectivity index (χ2n) is 3.41. The monoisotopic (exact) mass is 315 g/mol. The van der Waals surface area contributed by atoms with Gasteiger partial charge in [-0.2, -0.15) is 0 Å². The van der Waals surface area contributed by atoms with Gasteiger partial charge in [-0.25, -0.2) is 0 Å². The van der Waals surface area contributed by atoms with Crippen molar-refractivity contribution < 1.29 is 4.42 Å². The van der Waals surface area contributed by atoms with Gasteiger partial charge in [-0.05, 0) is 40.7 Å². The van der Waals surface area contributed by atoms with Gasteiger partial charge in [0.2, 0.25) is 11.8 Å². The maximum atomic E-state index is 5.87. The van der Waals surface area contributed by atoms with Crippen LogP contribution in [0.5, 0.6) is 0 Å². The summed E-state index contributed by atoms with van der Waals surface area (Å²) in [5.41, 5.74) is 0.838. The topological polar surface area (TPSA) is 51.0 Å². The van der Waals surface area contributed by atoms with Crippen molar-refractivity contribution >= 4 is 27.5 Å². The lowest BCUT2D eigenvalue weighted by molar-refractivity contribution is 0.482. The molecule has 1 N–H and O–H groups in total. The molecule has 0 atom stereocenters. The predicted octanol–water partition coefficient (Wildman–Crippen LogP) is 3.26. The van der Waals surface area contributed by atoms with E-state index >= 15 is 0 Å². The molecule has 1 aromatic heterocycles. The van der Waals surface area contributed by atoms with E-state index in [1.807, 2.05) is 13.0 Å². The van der Waals surface area contributed by atoms with Crippen LogP contribution in [0.25, 0.3) is 11.5 Å². The highest BCUT2D eigenvalue weighted by Crippen LogP contribution is 2.29. The first-order chi connectivity index (χ1) is 8.20. The molecule has 90 valence electrons. The van der Waals surface area contributed by atoms with Crippen molar-refractivity contribution in [3.63, 3.8) is 0 Å². The Hall–Kier alpha value is -0.910. The Morgan fingerprint density at radius 1 is 1.41 bits per heavy atom. The Balaban J connectivity index is 2.24. The van der Waals surface area contributed by atoms with Crippen molar-refractivity contribution in [3.05, 3.63) is 33.6 Å². The van der Waals surface area contributed by atoms with Crippen LogP contribution in [-0.4, -0.2) is 16.7 Å². The summed E-state index contributed by atoms with van der Waals surface area (Å²) < 4.78 is 6.37. The Morgan fingerprint density at radius 3 is 2.94 bits per heavy atom. The number of hydrogen-bond acceptors (Lipinski definition) is 4. The first kappa shape index (κ1) is 12.5. The van der Waals surface area contributed by atoms with E-state index < -0.39 is 0 Å². The largest absolute Gasteiger partial charge is 0.419 e. The molecule has 0 amide bonds. The Morgan fingerprint density at radius 2 is 2.24 bits per heavy atom. The normalized spacial score (nSPS) is 10.8. The highest BCUT2D eigenvalue weighted by molar-refractivity contribution is 9.10. The van der Waals surface area contributed by atoms with Crippen molar-refractivity contribution in [2.75, 3.05) is 6.54 Å². The van der Waals surface area contributed by atoms with Gasteiger partial charge < -0.3 is 9.73 Å². The molecule has 0 aliphatic carbocycles. The molecule has 2 rings (SSSR count). The van der Waals surface area contributed by atoms with Crippen LogP contribution in [-0.2, 0) is 6.54 Å². The summed E-state index contributed by atoms with van der Waals surface area (Å²) >= 11 is 9.29. The lowest BCUT2D eigenvalue weighted by Gasteiger charge is -1.99. The molecule has 0 unspecified atom stereocenters. The minimum atomic E-state index is 0.487. The number of benzene rings is 1. The van der Waals surface area contributed by atoms with Crippen LogP contribution in [0.15, 0.2) is 27.1 Å². The van der Waals surface area contributed by atoms with Crippen molar-refractivity contribution in [2.45, 2.75) is 13.5 Å². The predicted molar refractivity (Wildman–Crippen MR) is 69.8 cm³/mol. The van der Waals surface area contributed by atoms with Gasteiger partial charge in [0.15, 0.2) is 0 Å². The van der Waals surface area contributed by atoms with Gasteiger partial charge in [0, 0.05) is 9.50 Å². The van der Waals surface area contributed by atoms with E-state index in [-0.39, 0.29) is 0 Å². The fraction of sp³-hybridized carbons (Fsp3) is 0.273. The third-order valence-electron chi connectivity index (χ3n) is 2.15. The molecule has 0 bridgehead atoms. The fourth-order valence-corrected chi connectivity index (χ4v) is 2.18. The molecule has 17 heavy (non-hydrogen) atoms. The molecule has 0 aliphatic rings. The van der Waals surface area contributed by atoms with Gasteiger partial charge in [-0.1, -0.05) is 18.5 Å². The zero-order chi connectivity index (χ0) is 12.3. The van der Waals surface area contributed by atoms with Gasteiger partial charge >= 0.3 is 0 Å². The first-order valence-corrected chi connectivity index (χ1v) is 6.36. The van der Waals surface area contributed by atoms with Crippen molar-refractivity contribution in [3.8, 4) is 11.5 Å². The van der Waals surface area contributed by atoms with E-state index in [1.54, 1.807) is 12.1 Å². The number of rotatable bonds is 4. The molecule has 0 aliphatic heterocycles. The molecule has 0 radical (unpaired) electrons. The van der Waals surface area contributed by atoms with E-state index in [0.29, 0.717) is 23.3 Å². The average molecular weight is 317 g/mol. The summed E-state index contributed by atoms with van der Waals surface area (Å²) in [6, 6.07) is 5.43. The quantitative estimate of drug-likeness (QED) is 0.940. The van der Waals surface area contributed by atoms with Gasteiger partial charge in [-0.3, -0.25) is 0 Å². The second-order valence-corrected chi connectivity index (χ2v) is 4.70. The zero-order valence-corrected chi connectivity index (χ0v) is 11.5. The zero-order valence-electron chi connectivity index (χ0n) is 9.20. The average Bonchev–Trinajstić information content (AvgIpc) is 2.75. The summed E-state index contributed by atoms with van der Waals surface area (Å²) in [5.74, 6) is 1.06. The summed E-state index contributed by atoms with van der Waals surface area (Å²) in [7, 11) is 0. The van der Waals surface area contributed by atoms with E-state index in [1.165, 1.54) is 0 Å². The van der Waals surface area contributed by atoms with Crippen LogP contribution in [0, 0.1) is 0 Å². The summed E-state index contributed by atoms with van der Waals surface area (Å²) in [6.45, 7) is 3.46. The molecule has 6 heteroatoms. The lowest BCUT2D eigenvalue weighted by Crippen LogP contribution is -2.11. The lowest BCUT2D eigenvalue weighted by atomic mass is 10.2. The standard InChI is InChI=1S/C11H11BrClN3O/c1-2-14-6-10-15-16-11(17-10)8-4-3-7(13)5-9(8)12/h3-5,14H,2,6H2,1H3. The third-order valence-corrected chi connectivity index (χ3v) is 3.05. The van der Waals surface area contributed by atoms with Gasteiger partial charge in [-0.15, -0.1) is 10.2 Å². The molecule has 0 spiro atoms. The molecule has 0 saturated carbocycles. The number of aromatic nitrogens is 2. The molecule has 0 fully saturated rings. The van der Waals surface area contributed by atoms with Crippen LogP contribution in [0.2, 0.25) is 5.02 Å². The molecule has 1 heterocycles. The molecular weight excluding hydrogens is 305 g/mol. The Bertz CT molecular complexity index is 515. The maximum absolute atomic E-state index is 5.87. The van der Waals surface area contributed by atoms with Gasteiger partial charge in [0.25, 0.3) is 0 Å². The van der Waals surface area contributed by atoms with Crippen molar-refractivity contribution in [1.82, 2.24) is 15.5 Å². The number of hydrogen-bond donors (Lipinski definition) is 1. The van der Waals surface area contributed by atoms with Crippen LogP contribution in [0.4, 0.5) is 0 Å². The molecular formula is C11H11BrClN3O. The molecule has 0 saturated heterocycles. The number of nitrogens with zero attached hydrogens (tertiary/aromatic N) is 2. The van der Waals surface area contributed by atoms with Crippen molar-refractivity contribution in [2.24, 2.45) is 0 Å². The number of nitrogens with one attached hydrogen (secondary N) is 1. The van der Waals surface area contributed by atoms with E-state index in [0.717, 1.165) is 16.6 Å². The first-order valence-electron chi connectivity index (χ1n) is 5.19. The van der Waals surface area contributed by atoms with Crippen LogP contribution >= 0.6 is 27.5 Å². The van der Waals surface area contributed by atoms with Gasteiger partial charge in [0.1, 0.15) is 0 Å². The summed E-state index contributed by atoms with van der Waals surface area (Å²) in [5, 5.41) is 11.7. The highest BCUT2D eigenvalue weighted by Gasteiger charge is 2.11. The highest BCUT2D eigenvalue weighted by atomic mass is 79.9. The van der Waals surface area contributed by atoms with Crippen LogP contribution < -0.4 is 5.32 Å². The van der Waals surface area contributed by atoms with E-state index in [2.05, 4.69) is 31.4 Å².